The zero-order chi connectivity index (χ0) is 26.2. The molecule has 0 atom stereocenters. The summed E-state index contributed by atoms with van der Waals surface area (Å²) in [6.07, 6.45) is 5.54. The maximum atomic E-state index is 2.49. The maximum absolute atomic E-state index is 2.49. The highest BCUT2D eigenvalue weighted by Gasteiger charge is 2.10. The number of rotatable bonds is 12. The zero-order valence-electron chi connectivity index (χ0n) is 24.4. The fraction of sp³-hybridized carbons (Fsp3) is 0.486. The van der Waals surface area contributed by atoms with Crippen LogP contribution in [0.4, 0.5) is 0 Å². The summed E-state index contributed by atoms with van der Waals surface area (Å²) in [4.78, 5) is 0. The van der Waals surface area contributed by atoms with Crippen LogP contribution in [0.2, 0.25) is 6.55 Å². The fourth-order valence-corrected chi connectivity index (χ4v) is 6.57. The number of hydrogen-bond donors (Lipinski definition) is 0. The number of benzene rings is 3. The van der Waals surface area contributed by atoms with Crippen LogP contribution >= 0.6 is 0 Å². The molecule has 0 fully saturated rings. The van der Waals surface area contributed by atoms with Crippen molar-refractivity contribution in [3.8, 4) is 0 Å². The standard InChI is InChI=1S/C35H50Si/c1-24(2)9-28-12-27(7)13-31(14-28)18-32-15-29(10-25(3)4)16-33(19-32)20-34-17-30(11-26(5)6)21-35(22-34)23-36-8/h12-17,19,21-22,24-26H,9-11,18,20,23,36H2,1-8H3. The van der Waals surface area contributed by atoms with Gasteiger partial charge >= 0.3 is 0 Å². The lowest BCUT2D eigenvalue weighted by Gasteiger charge is -2.15. The lowest BCUT2D eigenvalue weighted by molar-refractivity contribution is 0.646. The molecule has 0 nitrogen and oxygen atoms in total. The fourth-order valence-electron chi connectivity index (χ4n) is 5.71. The molecule has 0 radical (unpaired) electrons. The van der Waals surface area contributed by atoms with Gasteiger partial charge in [-0.1, -0.05) is 114 Å². The third-order valence-electron chi connectivity index (χ3n) is 6.71. The highest BCUT2D eigenvalue weighted by atomic mass is 28.2. The Morgan fingerprint density at radius 1 is 0.472 bits per heavy atom. The Bertz CT molecular complexity index is 1120. The predicted molar refractivity (Wildman–Crippen MR) is 163 cm³/mol. The van der Waals surface area contributed by atoms with E-state index in [0.717, 1.165) is 25.7 Å². The molecule has 0 saturated carbocycles. The molecular formula is C35H50Si. The second kappa shape index (κ2) is 13.4. The predicted octanol–water partition coefficient (Wildman–Crippen LogP) is 8.49. The minimum atomic E-state index is 0.0127. The highest BCUT2D eigenvalue weighted by molar-refractivity contribution is 6.32. The second-order valence-electron chi connectivity index (χ2n) is 12.5. The number of hydrogen-bond acceptors (Lipinski definition) is 0. The molecule has 0 unspecified atom stereocenters. The number of aryl methyl sites for hydroxylation is 1. The smallest absolute Gasteiger partial charge is 0.0217 e. The van der Waals surface area contributed by atoms with Crippen molar-refractivity contribution in [3.05, 3.63) is 105 Å². The summed E-state index contributed by atoms with van der Waals surface area (Å²) < 4.78 is 0. The lowest BCUT2D eigenvalue weighted by Crippen LogP contribution is -2.03. The van der Waals surface area contributed by atoms with E-state index in [1.807, 2.05) is 0 Å². The largest absolute Gasteiger partial charge is 0.0746 e. The van der Waals surface area contributed by atoms with Crippen LogP contribution in [0.15, 0.2) is 54.6 Å². The minimum Gasteiger partial charge on any atom is -0.0746 e. The van der Waals surface area contributed by atoms with Crippen LogP contribution in [0.1, 0.15) is 91.6 Å². The molecule has 0 aromatic heterocycles. The van der Waals surface area contributed by atoms with Gasteiger partial charge in [-0.2, -0.15) is 0 Å². The lowest BCUT2D eigenvalue weighted by atomic mass is 9.91. The van der Waals surface area contributed by atoms with Gasteiger partial charge in [-0.05, 0) is 102 Å². The van der Waals surface area contributed by atoms with E-state index in [4.69, 9.17) is 0 Å². The third-order valence-corrected chi connectivity index (χ3v) is 7.79. The molecule has 3 rings (SSSR count). The van der Waals surface area contributed by atoms with E-state index in [2.05, 4.69) is 110 Å². The van der Waals surface area contributed by atoms with Crippen molar-refractivity contribution in [1.29, 1.82) is 0 Å². The minimum absolute atomic E-state index is 0.0127. The summed E-state index contributed by atoms with van der Waals surface area (Å²) in [5.41, 5.74) is 13.3. The Hall–Kier alpha value is -2.12. The Balaban J connectivity index is 1.94. The Kier molecular flexibility index (Phi) is 10.6. The Morgan fingerprint density at radius 2 is 0.778 bits per heavy atom. The van der Waals surface area contributed by atoms with E-state index in [0.29, 0.717) is 17.8 Å². The molecule has 194 valence electrons. The van der Waals surface area contributed by atoms with Crippen molar-refractivity contribution in [2.75, 3.05) is 0 Å². The quantitative estimate of drug-likeness (QED) is 0.220. The van der Waals surface area contributed by atoms with Gasteiger partial charge in [0, 0.05) is 9.52 Å². The van der Waals surface area contributed by atoms with Crippen LogP contribution in [-0.2, 0) is 38.1 Å². The molecule has 0 saturated heterocycles. The van der Waals surface area contributed by atoms with Gasteiger partial charge in [0.1, 0.15) is 0 Å². The summed E-state index contributed by atoms with van der Waals surface area (Å²) in [6, 6.07) is 23.4. The van der Waals surface area contributed by atoms with Crippen LogP contribution in [0, 0.1) is 24.7 Å². The van der Waals surface area contributed by atoms with Crippen LogP contribution < -0.4 is 0 Å². The van der Waals surface area contributed by atoms with Gasteiger partial charge in [0.15, 0.2) is 0 Å². The Morgan fingerprint density at radius 3 is 1.19 bits per heavy atom. The average molecular weight is 499 g/mol. The summed E-state index contributed by atoms with van der Waals surface area (Å²) >= 11 is 0. The summed E-state index contributed by atoms with van der Waals surface area (Å²) in [7, 11) is 0.0127. The van der Waals surface area contributed by atoms with Gasteiger partial charge in [-0.25, -0.2) is 0 Å². The van der Waals surface area contributed by atoms with E-state index in [9.17, 15) is 0 Å². The molecule has 0 heterocycles. The van der Waals surface area contributed by atoms with Gasteiger partial charge in [0.25, 0.3) is 0 Å². The molecular weight excluding hydrogens is 448 g/mol. The first kappa shape index (κ1) is 28.4. The third kappa shape index (κ3) is 9.39. The molecule has 36 heavy (non-hydrogen) atoms. The molecule has 0 N–H and O–H groups in total. The van der Waals surface area contributed by atoms with Crippen molar-refractivity contribution in [3.63, 3.8) is 0 Å². The molecule has 0 aliphatic heterocycles. The molecule has 1 heteroatoms. The average Bonchev–Trinajstić information content (AvgIpc) is 2.71. The topological polar surface area (TPSA) is 0 Å². The van der Waals surface area contributed by atoms with Crippen molar-refractivity contribution in [2.45, 2.75) is 93.2 Å². The maximum Gasteiger partial charge on any atom is 0.0217 e. The van der Waals surface area contributed by atoms with Crippen molar-refractivity contribution >= 4 is 9.52 Å². The molecule has 0 bridgehead atoms. The van der Waals surface area contributed by atoms with Crippen molar-refractivity contribution < 1.29 is 0 Å². The van der Waals surface area contributed by atoms with Crippen molar-refractivity contribution in [2.24, 2.45) is 17.8 Å². The molecule has 3 aromatic rings. The van der Waals surface area contributed by atoms with E-state index in [-0.39, 0.29) is 9.52 Å². The first-order chi connectivity index (χ1) is 17.1. The van der Waals surface area contributed by atoms with Gasteiger partial charge in [-0.3, -0.25) is 0 Å². The second-order valence-corrected chi connectivity index (χ2v) is 14.0. The van der Waals surface area contributed by atoms with E-state index in [1.165, 1.54) is 57.0 Å². The van der Waals surface area contributed by atoms with Gasteiger partial charge in [0.2, 0.25) is 0 Å². The Labute approximate surface area is 224 Å². The molecule has 3 aromatic carbocycles. The molecule has 0 aliphatic rings. The van der Waals surface area contributed by atoms with Crippen molar-refractivity contribution in [1.82, 2.24) is 0 Å². The van der Waals surface area contributed by atoms with Gasteiger partial charge in [0.05, 0.1) is 0 Å². The highest BCUT2D eigenvalue weighted by Crippen LogP contribution is 2.23. The normalized spacial score (nSPS) is 12.1. The summed E-state index contributed by atoms with van der Waals surface area (Å²) in [5, 5.41) is 0. The van der Waals surface area contributed by atoms with E-state index in [1.54, 1.807) is 5.56 Å². The first-order valence-electron chi connectivity index (χ1n) is 14.4. The van der Waals surface area contributed by atoms with E-state index < -0.39 is 0 Å². The summed E-state index contributed by atoms with van der Waals surface area (Å²) in [6.45, 7) is 18.6. The van der Waals surface area contributed by atoms with Crippen LogP contribution in [0.5, 0.6) is 0 Å². The van der Waals surface area contributed by atoms with Crippen LogP contribution in [0.3, 0.4) is 0 Å². The van der Waals surface area contributed by atoms with Crippen LogP contribution in [0.25, 0.3) is 0 Å². The monoisotopic (exact) mass is 498 g/mol. The molecule has 0 spiro atoms. The zero-order valence-corrected chi connectivity index (χ0v) is 25.8. The van der Waals surface area contributed by atoms with Gasteiger partial charge < -0.3 is 0 Å². The molecule has 0 aliphatic carbocycles. The molecule has 0 amide bonds. The van der Waals surface area contributed by atoms with Gasteiger partial charge in [-0.15, -0.1) is 0 Å². The SMILES string of the molecule is C[SiH2]Cc1cc(Cc2cc(Cc3cc(C)cc(CC(C)C)c3)cc(CC(C)C)c2)cc(CC(C)C)c1. The first-order valence-corrected chi connectivity index (χ1v) is 16.8. The summed E-state index contributed by atoms with van der Waals surface area (Å²) in [5.74, 6) is 2.05. The van der Waals surface area contributed by atoms with Crippen LogP contribution in [-0.4, -0.2) is 9.52 Å². The van der Waals surface area contributed by atoms with E-state index >= 15 is 0 Å².